The maximum absolute atomic E-state index is 13.3. The van der Waals surface area contributed by atoms with Gasteiger partial charge in [0.15, 0.2) is 12.4 Å². The average molecular weight is 540 g/mol. The fraction of sp³-hybridized carbons (Fsp3) is 0.242. The predicted molar refractivity (Wildman–Crippen MR) is 154 cm³/mol. The minimum Gasteiger partial charge on any atom is -0.482 e. The van der Waals surface area contributed by atoms with Gasteiger partial charge in [-0.05, 0) is 58.4 Å². The Morgan fingerprint density at radius 2 is 1.55 bits per heavy atom. The molecule has 0 saturated heterocycles. The number of nitrogens with zero attached hydrogens (tertiary/aromatic N) is 1. The molecule has 7 nitrogen and oxygen atoms in total. The van der Waals surface area contributed by atoms with Gasteiger partial charge in [-0.25, -0.2) is 14.6 Å². The highest BCUT2D eigenvalue weighted by molar-refractivity contribution is 6.20. The Morgan fingerprint density at radius 3 is 2.17 bits per heavy atom. The van der Waals surface area contributed by atoms with Crippen LogP contribution in [0.3, 0.4) is 0 Å². The van der Waals surface area contributed by atoms with Crippen LogP contribution in [0.1, 0.15) is 46.1 Å². The smallest absolute Gasteiger partial charge is 0.344 e. The van der Waals surface area contributed by atoms with Crippen molar-refractivity contribution >= 4 is 23.6 Å². The van der Waals surface area contributed by atoms with Crippen LogP contribution in [-0.2, 0) is 19.1 Å². The third kappa shape index (κ3) is 7.69. The van der Waals surface area contributed by atoms with Crippen molar-refractivity contribution < 1.29 is 28.2 Å². The monoisotopic (exact) mass is 539 g/mol. The molecule has 206 valence electrons. The van der Waals surface area contributed by atoms with Crippen LogP contribution >= 0.6 is 0 Å². The van der Waals surface area contributed by atoms with Crippen molar-refractivity contribution in [3.63, 3.8) is 0 Å². The topological polar surface area (TPSA) is 87.9 Å². The molecule has 0 radical (unpaired) electrons. The van der Waals surface area contributed by atoms with E-state index in [9.17, 15) is 9.59 Å². The van der Waals surface area contributed by atoms with Crippen LogP contribution in [0, 0.1) is 0 Å². The van der Waals surface area contributed by atoms with E-state index in [-0.39, 0.29) is 24.2 Å². The van der Waals surface area contributed by atoms with E-state index in [4.69, 9.17) is 23.6 Å². The molecule has 1 heterocycles. The molecule has 7 heteroatoms. The second kappa shape index (κ2) is 12.5. The first kappa shape index (κ1) is 28.4. The highest BCUT2D eigenvalue weighted by Gasteiger charge is 2.25. The van der Waals surface area contributed by atoms with Crippen LogP contribution in [0.4, 0.5) is 0 Å². The number of benzene rings is 3. The molecule has 40 heavy (non-hydrogen) atoms. The largest absolute Gasteiger partial charge is 0.482 e. The maximum Gasteiger partial charge on any atom is 0.344 e. The first-order valence-electron chi connectivity index (χ1n) is 13.1. The second-order valence-electron chi connectivity index (χ2n) is 10.4. The van der Waals surface area contributed by atoms with Crippen LogP contribution in [0.2, 0.25) is 0 Å². The van der Waals surface area contributed by atoms with E-state index < -0.39 is 17.5 Å². The van der Waals surface area contributed by atoms with Gasteiger partial charge in [0, 0.05) is 11.1 Å². The van der Waals surface area contributed by atoms with Crippen molar-refractivity contribution in [2.45, 2.75) is 46.3 Å². The third-order valence-corrected chi connectivity index (χ3v) is 5.45. The Labute approximate surface area is 234 Å². The Bertz CT molecular complexity index is 1420. The lowest BCUT2D eigenvalue weighted by molar-refractivity contribution is -0.157. The number of hydrogen-bond acceptors (Lipinski definition) is 7. The fourth-order valence-electron chi connectivity index (χ4n) is 3.87. The molecule has 0 saturated carbocycles. The van der Waals surface area contributed by atoms with Crippen LogP contribution in [-0.4, -0.2) is 35.2 Å². The van der Waals surface area contributed by atoms with Gasteiger partial charge >= 0.3 is 11.9 Å². The van der Waals surface area contributed by atoms with Crippen LogP contribution in [0.15, 0.2) is 89.3 Å². The Balaban J connectivity index is 1.73. The second-order valence-corrected chi connectivity index (χ2v) is 10.4. The van der Waals surface area contributed by atoms with Gasteiger partial charge in [-0.2, -0.15) is 0 Å². The van der Waals surface area contributed by atoms with Crippen molar-refractivity contribution in [1.29, 1.82) is 0 Å². The van der Waals surface area contributed by atoms with Gasteiger partial charge in [0.2, 0.25) is 5.89 Å². The standard InChI is InChI=1S/C33H33NO6/c1-22(2)38-32(36)27(20-23-13-12-18-26(19-23)37-21-28(35)40-33(3,4)5)31-34-29(24-14-8-6-9-15-24)30(39-31)25-16-10-7-11-17-25/h6-20,22H,21H2,1-5H3/b27-20-. The van der Waals surface area contributed by atoms with Crippen molar-refractivity contribution in [1.82, 2.24) is 4.98 Å². The molecule has 0 atom stereocenters. The summed E-state index contributed by atoms with van der Waals surface area (Å²) in [4.78, 5) is 30.2. The van der Waals surface area contributed by atoms with Crippen molar-refractivity contribution in [2.75, 3.05) is 6.61 Å². The highest BCUT2D eigenvalue weighted by atomic mass is 16.6. The number of esters is 2. The summed E-state index contributed by atoms with van der Waals surface area (Å²) in [6.07, 6.45) is 1.29. The number of hydrogen-bond donors (Lipinski definition) is 0. The quantitative estimate of drug-likeness (QED) is 0.164. The van der Waals surface area contributed by atoms with E-state index >= 15 is 0 Å². The minimum atomic E-state index is -0.607. The zero-order valence-corrected chi connectivity index (χ0v) is 23.3. The lowest BCUT2D eigenvalue weighted by Crippen LogP contribution is -2.27. The SMILES string of the molecule is CC(C)OC(=O)/C(=C\c1cccc(OCC(=O)OC(C)(C)C)c1)c1nc(-c2ccccc2)c(-c2ccccc2)o1. The summed E-state index contributed by atoms with van der Waals surface area (Å²) >= 11 is 0. The molecule has 0 aliphatic heterocycles. The normalized spacial score (nSPS) is 11.8. The molecule has 0 amide bonds. The number of ether oxygens (including phenoxy) is 3. The van der Waals surface area contributed by atoms with Gasteiger partial charge in [-0.15, -0.1) is 0 Å². The summed E-state index contributed by atoms with van der Waals surface area (Å²) in [6.45, 7) is 8.70. The molecule has 0 fully saturated rings. The van der Waals surface area contributed by atoms with E-state index in [1.807, 2.05) is 66.7 Å². The van der Waals surface area contributed by atoms with Gasteiger partial charge in [0.05, 0.1) is 6.10 Å². The van der Waals surface area contributed by atoms with Gasteiger partial charge in [0.25, 0.3) is 0 Å². The van der Waals surface area contributed by atoms with E-state index in [2.05, 4.69) is 0 Å². The summed E-state index contributed by atoms with van der Waals surface area (Å²) in [7, 11) is 0. The summed E-state index contributed by atoms with van der Waals surface area (Å²) in [5, 5.41) is 0. The molecule has 0 unspecified atom stereocenters. The minimum absolute atomic E-state index is 0.128. The van der Waals surface area contributed by atoms with Crippen molar-refractivity contribution in [2.24, 2.45) is 0 Å². The Kier molecular flexibility index (Phi) is 8.84. The van der Waals surface area contributed by atoms with E-state index in [0.29, 0.717) is 22.8 Å². The number of rotatable bonds is 9. The van der Waals surface area contributed by atoms with Crippen LogP contribution in [0.5, 0.6) is 5.75 Å². The van der Waals surface area contributed by atoms with Gasteiger partial charge in [-0.1, -0.05) is 72.8 Å². The molecule has 0 aliphatic rings. The highest BCUT2D eigenvalue weighted by Crippen LogP contribution is 2.35. The number of carbonyl (C=O) groups is 2. The van der Waals surface area contributed by atoms with E-state index in [0.717, 1.165) is 11.1 Å². The lowest BCUT2D eigenvalue weighted by atomic mass is 10.1. The molecule has 1 aromatic heterocycles. The lowest BCUT2D eigenvalue weighted by Gasteiger charge is -2.19. The molecular formula is C33H33NO6. The van der Waals surface area contributed by atoms with Crippen molar-refractivity contribution in [3.05, 3.63) is 96.4 Å². The zero-order valence-electron chi connectivity index (χ0n) is 23.3. The van der Waals surface area contributed by atoms with E-state index in [1.165, 1.54) is 0 Å². The number of oxazole rings is 1. The molecule has 0 aliphatic carbocycles. The van der Waals surface area contributed by atoms with Gasteiger partial charge in [-0.3, -0.25) is 0 Å². The van der Waals surface area contributed by atoms with E-state index in [1.54, 1.807) is 58.9 Å². The Morgan fingerprint density at radius 1 is 0.900 bits per heavy atom. The first-order valence-corrected chi connectivity index (χ1v) is 13.1. The summed E-state index contributed by atoms with van der Waals surface area (Å²) in [6, 6.07) is 26.3. The van der Waals surface area contributed by atoms with Gasteiger partial charge < -0.3 is 18.6 Å². The molecule has 0 spiro atoms. The molecule has 4 aromatic rings. The number of aromatic nitrogens is 1. The Hall–Kier alpha value is -4.65. The number of carbonyl (C=O) groups excluding carboxylic acids is 2. The predicted octanol–water partition coefficient (Wildman–Crippen LogP) is 7.22. The summed E-state index contributed by atoms with van der Waals surface area (Å²) in [5.74, 6) is 0.0633. The maximum atomic E-state index is 13.3. The summed E-state index contributed by atoms with van der Waals surface area (Å²) < 4.78 is 22.8. The first-order chi connectivity index (χ1) is 19.1. The molecule has 3 aromatic carbocycles. The van der Waals surface area contributed by atoms with Gasteiger partial charge in [0.1, 0.15) is 22.6 Å². The van der Waals surface area contributed by atoms with Crippen LogP contribution in [0.25, 0.3) is 34.2 Å². The summed E-state index contributed by atoms with van der Waals surface area (Å²) in [5.41, 5.74) is 2.47. The van der Waals surface area contributed by atoms with Crippen LogP contribution < -0.4 is 4.74 Å². The molecule has 4 rings (SSSR count). The average Bonchev–Trinajstić information content (AvgIpc) is 3.36. The molecule has 0 bridgehead atoms. The molecule has 0 N–H and O–H groups in total. The van der Waals surface area contributed by atoms with Crippen molar-refractivity contribution in [3.8, 4) is 28.3 Å². The molecular weight excluding hydrogens is 506 g/mol. The zero-order chi connectivity index (χ0) is 28.7. The fourth-order valence-corrected chi connectivity index (χ4v) is 3.87. The third-order valence-electron chi connectivity index (χ3n) is 5.45.